The van der Waals surface area contributed by atoms with Crippen molar-refractivity contribution in [3.8, 4) is 11.9 Å². The Morgan fingerprint density at radius 2 is 2.00 bits per heavy atom. The van der Waals surface area contributed by atoms with Crippen LogP contribution in [0.3, 0.4) is 0 Å². The molecule has 0 aliphatic heterocycles. The molecule has 0 aromatic carbocycles. The molecule has 0 saturated carbocycles. The van der Waals surface area contributed by atoms with Crippen LogP contribution in [-0.4, -0.2) is 37.2 Å². The van der Waals surface area contributed by atoms with Crippen molar-refractivity contribution in [3.63, 3.8) is 0 Å². The molecule has 78 valence electrons. The first kappa shape index (κ1) is 10.7. The van der Waals surface area contributed by atoms with Gasteiger partial charge in [-0.05, 0) is 0 Å². The van der Waals surface area contributed by atoms with E-state index in [-0.39, 0.29) is 11.9 Å². The van der Waals surface area contributed by atoms with Crippen molar-refractivity contribution >= 4 is 10.1 Å². The van der Waals surface area contributed by atoms with E-state index in [1.165, 1.54) is 14.2 Å². The van der Waals surface area contributed by atoms with Crippen LogP contribution in [0.2, 0.25) is 0 Å². The molecule has 1 N–H and O–H groups in total. The van der Waals surface area contributed by atoms with E-state index in [0.717, 1.165) is 6.20 Å². The highest BCUT2D eigenvalue weighted by Gasteiger charge is 2.19. The normalized spacial score (nSPS) is 11.1. The Bertz CT molecular complexity index is 430. The number of methoxy groups -OCH3 is 2. The molecule has 0 atom stereocenters. The van der Waals surface area contributed by atoms with Crippen LogP contribution in [0.5, 0.6) is 11.9 Å². The maximum absolute atomic E-state index is 10.8. The second kappa shape index (κ2) is 3.76. The van der Waals surface area contributed by atoms with Gasteiger partial charge >= 0.3 is 16.1 Å². The highest BCUT2D eigenvalue weighted by molar-refractivity contribution is 7.86. The standard InChI is InChI=1S/C6H8N2O5S/c1-12-5-4(14(9,10)11)3-7-6(8-5)13-2/h3H,1-2H3,(H,9,10,11). The molecule has 0 aliphatic carbocycles. The van der Waals surface area contributed by atoms with Crippen molar-refractivity contribution in [2.45, 2.75) is 4.90 Å². The van der Waals surface area contributed by atoms with Gasteiger partial charge in [0.15, 0.2) is 4.90 Å². The molecule has 0 spiro atoms. The van der Waals surface area contributed by atoms with E-state index in [1.807, 2.05) is 0 Å². The van der Waals surface area contributed by atoms with Crippen molar-refractivity contribution in [2.24, 2.45) is 0 Å². The molecule has 8 heteroatoms. The molecule has 1 aromatic rings. The van der Waals surface area contributed by atoms with Crippen molar-refractivity contribution in [3.05, 3.63) is 6.20 Å². The molecule has 0 saturated heterocycles. The molecule has 1 rings (SSSR count). The number of ether oxygens (including phenoxy) is 2. The van der Waals surface area contributed by atoms with Gasteiger partial charge in [-0.15, -0.1) is 0 Å². The lowest BCUT2D eigenvalue weighted by Crippen LogP contribution is -2.05. The van der Waals surface area contributed by atoms with E-state index in [4.69, 9.17) is 4.55 Å². The molecule has 1 heterocycles. The average molecular weight is 220 g/mol. The number of hydrogen-bond donors (Lipinski definition) is 1. The Morgan fingerprint density at radius 1 is 1.36 bits per heavy atom. The Kier molecular flexibility index (Phi) is 2.87. The van der Waals surface area contributed by atoms with Crippen LogP contribution in [0.15, 0.2) is 11.1 Å². The van der Waals surface area contributed by atoms with Gasteiger partial charge in [0.05, 0.1) is 20.4 Å². The van der Waals surface area contributed by atoms with Gasteiger partial charge in [0.25, 0.3) is 0 Å². The molecule has 7 nitrogen and oxygen atoms in total. The molecule has 0 aliphatic rings. The second-order valence-electron chi connectivity index (χ2n) is 2.21. The maximum Gasteiger partial charge on any atom is 0.319 e. The summed E-state index contributed by atoms with van der Waals surface area (Å²) in [5, 5.41) is 0. The van der Waals surface area contributed by atoms with Crippen LogP contribution >= 0.6 is 0 Å². The third kappa shape index (κ3) is 2.09. The van der Waals surface area contributed by atoms with E-state index in [1.54, 1.807) is 0 Å². The highest BCUT2D eigenvalue weighted by atomic mass is 32.2. The fourth-order valence-electron chi connectivity index (χ4n) is 0.761. The zero-order chi connectivity index (χ0) is 10.8. The summed E-state index contributed by atoms with van der Waals surface area (Å²) in [6, 6.07) is -0.0470. The smallest absolute Gasteiger partial charge is 0.319 e. The Hall–Kier alpha value is -1.41. The van der Waals surface area contributed by atoms with Crippen molar-refractivity contribution < 1.29 is 22.4 Å². The van der Waals surface area contributed by atoms with Gasteiger partial charge in [-0.25, -0.2) is 4.98 Å². The van der Waals surface area contributed by atoms with Crippen LogP contribution in [0.4, 0.5) is 0 Å². The topological polar surface area (TPSA) is 98.6 Å². The minimum atomic E-state index is -4.38. The molecule has 0 bridgehead atoms. The zero-order valence-electron chi connectivity index (χ0n) is 7.46. The summed E-state index contributed by atoms with van der Waals surface area (Å²) < 4.78 is 39.6. The lowest BCUT2D eigenvalue weighted by Gasteiger charge is -2.04. The van der Waals surface area contributed by atoms with E-state index >= 15 is 0 Å². The van der Waals surface area contributed by atoms with E-state index in [9.17, 15) is 8.42 Å². The van der Waals surface area contributed by atoms with E-state index in [2.05, 4.69) is 19.4 Å². The third-order valence-electron chi connectivity index (χ3n) is 1.35. The minimum Gasteiger partial charge on any atom is -0.480 e. The van der Waals surface area contributed by atoms with Gasteiger partial charge in [0.2, 0.25) is 5.88 Å². The Morgan fingerprint density at radius 3 is 2.43 bits per heavy atom. The fourth-order valence-corrected chi connectivity index (χ4v) is 1.30. The SMILES string of the molecule is COc1ncc(S(=O)(=O)O)c(OC)n1. The van der Waals surface area contributed by atoms with Gasteiger partial charge in [-0.3, -0.25) is 4.55 Å². The van der Waals surface area contributed by atoms with Crippen molar-refractivity contribution in [2.75, 3.05) is 14.2 Å². The van der Waals surface area contributed by atoms with E-state index < -0.39 is 15.0 Å². The zero-order valence-corrected chi connectivity index (χ0v) is 8.28. The quantitative estimate of drug-likeness (QED) is 0.700. The summed E-state index contributed by atoms with van der Waals surface area (Å²) in [7, 11) is -1.84. The Labute approximate surface area is 80.5 Å². The largest absolute Gasteiger partial charge is 0.480 e. The number of nitrogens with zero attached hydrogens (tertiary/aromatic N) is 2. The van der Waals surface area contributed by atoms with Gasteiger partial charge in [-0.2, -0.15) is 13.4 Å². The summed E-state index contributed by atoms with van der Waals surface area (Å²) in [5.41, 5.74) is 0. The monoisotopic (exact) mass is 220 g/mol. The highest BCUT2D eigenvalue weighted by Crippen LogP contribution is 2.21. The van der Waals surface area contributed by atoms with Gasteiger partial charge in [0.1, 0.15) is 0 Å². The first-order valence-electron chi connectivity index (χ1n) is 3.41. The Balaban J connectivity index is 3.33. The summed E-state index contributed by atoms with van der Waals surface area (Å²) >= 11 is 0. The molecule has 0 fully saturated rings. The first-order chi connectivity index (χ1) is 6.49. The van der Waals surface area contributed by atoms with Gasteiger partial charge in [-0.1, -0.05) is 0 Å². The predicted molar refractivity (Wildman–Crippen MR) is 45.0 cm³/mol. The molecule has 0 radical (unpaired) electrons. The summed E-state index contributed by atoms with van der Waals surface area (Å²) in [5.74, 6) is -0.264. The van der Waals surface area contributed by atoms with Crippen LogP contribution < -0.4 is 9.47 Å². The molecular weight excluding hydrogens is 212 g/mol. The second-order valence-corrected chi connectivity index (χ2v) is 3.60. The summed E-state index contributed by atoms with van der Waals surface area (Å²) in [6.45, 7) is 0. The number of hydrogen-bond acceptors (Lipinski definition) is 6. The van der Waals surface area contributed by atoms with Crippen LogP contribution in [-0.2, 0) is 10.1 Å². The average Bonchev–Trinajstić information content (AvgIpc) is 2.15. The lowest BCUT2D eigenvalue weighted by atomic mass is 10.6. The van der Waals surface area contributed by atoms with E-state index in [0.29, 0.717) is 0 Å². The van der Waals surface area contributed by atoms with Crippen molar-refractivity contribution in [1.82, 2.24) is 9.97 Å². The van der Waals surface area contributed by atoms with Gasteiger partial charge in [0, 0.05) is 0 Å². The molecule has 14 heavy (non-hydrogen) atoms. The molecule has 1 aromatic heterocycles. The molecule has 0 unspecified atom stereocenters. The molecular formula is C6H8N2O5S. The predicted octanol–water partition coefficient (Wildman–Crippen LogP) is -0.259. The number of aromatic nitrogens is 2. The lowest BCUT2D eigenvalue weighted by molar-refractivity contribution is 0.342. The molecule has 0 amide bonds. The van der Waals surface area contributed by atoms with Crippen LogP contribution in [0.25, 0.3) is 0 Å². The van der Waals surface area contributed by atoms with Crippen LogP contribution in [0.1, 0.15) is 0 Å². The summed E-state index contributed by atoms with van der Waals surface area (Å²) in [6.07, 6.45) is 0.903. The minimum absolute atomic E-state index is 0.0470. The first-order valence-corrected chi connectivity index (χ1v) is 4.85. The third-order valence-corrected chi connectivity index (χ3v) is 2.19. The number of rotatable bonds is 3. The van der Waals surface area contributed by atoms with Gasteiger partial charge < -0.3 is 9.47 Å². The van der Waals surface area contributed by atoms with Crippen molar-refractivity contribution in [1.29, 1.82) is 0 Å². The fraction of sp³-hybridized carbons (Fsp3) is 0.333. The van der Waals surface area contributed by atoms with Crippen LogP contribution in [0, 0.1) is 0 Å². The summed E-state index contributed by atoms with van der Waals surface area (Å²) in [4.78, 5) is 6.60. The maximum atomic E-state index is 10.8.